The molecule has 8 heteroatoms. The number of nitrogens with zero attached hydrogens (tertiary/aromatic N) is 1. The lowest BCUT2D eigenvalue weighted by atomic mass is 10.1. The second kappa shape index (κ2) is 9.07. The zero-order valence-electron chi connectivity index (χ0n) is 15.9. The molecule has 0 aliphatic carbocycles. The molecule has 2 heterocycles. The van der Waals surface area contributed by atoms with Crippen LogP contribution in [0.15, 0.2) is 47.4 Å². The molecule has 0 fully saturated rings. The minimum Gasteiger partial charge on any atom is -0.465 e. The van der Waals surface area contributed by atoms with Gasteiger partial charge in [0, 0.05) is 25.8 Å². The van der Waals surface area contributed by atoms with Crippen molar-refractivity contribution < 1.29 is 23.4 Å². The Labute approximate surface area is 171 Å². The van der Waals surface area contributed by atoms with Gasteiger partial charge in [0.05, 0.1) is 17.1 Å². The zero-order chi connectivity index (χ0) is 21.0. The van der Waals surface area contributed by atoms with Gasteiger partial charge in [-0.25, -0.2) is 9.18 Å². The fourth-order valence-electron chi connectivity index (χ4n) is 2.91. The van der Waals surface area contributed by atoms with Crippen molar-refractivity contribution in [3.05, 3.63) is 80.5 Å². The molecule has 0 radical (unpaired) electrons. The van der Waals surface area contributed by atoms with E-state index >= 15 is 0 Å². The Bertz CT molecular complexity index is 1110. The predicted octanol–water partition coefficient (Wildman–Crippen LogP) is 3.84. The van der Waals surface area contributed by atoms with Crippen LogP contribution in [0.25, 0.3) is 5.52 Å². The van der Waals surface area contributed by atoms with Crippen LogP contribution in [-0.2, 0) is 15.9 Å². The Morgan fingerprint density at radius 2 is 2.03 bits per heavy atom. The number of fused-ring (bicyclic) bond motifs is 1. The lowest BCUT2D eigenvalue weighted by Gasteiger charge is -2.13. The van der Waals surface area contributed by atoms with Crippen molar-refractivity contribution >= 4 is 23.1 Å². The highest BCUT2D eigenvalue weighted by atomic mass is 35.5. The molecule has 6 nitrogen and oxygen atoms in total. The van der Waals surface area contributed by atoms with E-state index < -0.39 is 17.3 Å². The first kappa shape index (κ1) is 20.8. The summed E-state index contributed by atoms with van der Waals surface area (Å²) in [6.07, 6.45) is 1.76. The first-order valence-electron chi connectivity index (χ1n) is 8.86. The summed E-state index contributed by atoms with van der Waals surface area (Å²) in [5.41, 5.74) is 0.760. The van der Waals surface area contributed by atoms with Crippen molar-refractivity contribution in [3.63, 3.8) is 0 Å². The molecular formula is C21H19ClFNO5. The highest BCUT2D eigenvalue weighted by Crippen LogP contribution is 2.24. The number of carbonyl (C=O) groups excluding carboxylic acids is 1. The third kappa shape index (κ3) is 4.41. The molecule has 0 spiro atoms. The van der Waals surface area contributed by atoms with Crippen LogP contribution >= 0.6 is 11.6 Å². The predicted molar refractivity (Wildman–Crippen MR) is 106 cm³/mol. The molecule has 2 aromatic heterocycles. The molecule has 0 aliphatic rings. The third-order valence-corrected chi connectivity index (χ3v) is 4.53. The number of esters is 1. The fraction of sp³-hybridized carbons (Fsp3) is 0.238. The van der Waals surface area contributed by atoms with E-state index in [1.807, 2.05) is 0 Å². The average Bonchev–Trinajstić information content (AvgIpc) is 2.71. The first-order valence-corrected chi connectivity index (χ1v) is 9.24. The van der Waals surface area contributed by atoms with Gasteiger partial charge in [-0.15, -0.1) is 0 Å². The van der Waals surface area contributed by atoms with E-state index in [0.29, 0.717) is 16.6 Å². The fourth-order valence-corrected chi connectivity index (χ4v) is 3.11. The van der Waals surface area contributed by atoms with Gasteiger partial charge in [-0.3, -0.25) is 9.20 Å². The molecule has 0 atom stereocenters. The topological polar surface area (TPSA) is 66.2 Å². The van der Waals surface area contributed by atoms with Crippen LogP contribution in [0.1, 0.15) is 28.4 Å². The maximum absolute atomic E-state index is 14.2. The molecule has 0 N–H and O–H groups in total. The van der Waals surface area contributed by atoms with Crippen LogP contribution in [0.3, 0.4) is 0 Å². The molecule has 0 bridgehead atoms. The number of hydrogen-bond acceptors (Lipinski definition) is 5. The van der Waals surface area contributed by atoms with E-state index in [2.05, 4.69) is 0 Å². The van der Waals surface area contributed by atoms with Gasteiger partial charge in [0.25, 0.3) is 5.56 Å². The Hall–Kier alpha value is -2.90. The number of halogens is 2. The lowest BCUT2D eigenvalue weighted by molar-refractivity contribution is 0.0493. The molecule has 0 unspecified atom stereocenters. The van der Waals surface area contributed by atoms with E-state index in [9.17, 15) is 14.0 Å². The maximum atomic E-state index is 14.2. The van der Waals surface area contributed by atoms with Crippen molar-refractivity contribution in [2.24, 2.45) is 0 Å². The number of methoxy groups -OCH3 is 1. The van der Waals surface area contributed by atoms with E-state index in [1.54, 1.807) is 37.4 Å². The van der Waals surface area contributed by atoms with Gasteiger partial charge in [-0.1, -0.05) is 29.8 Å². The van der Waals surface area contributed by atoms with Gasteiger partial charge >= 0.3 is 5.97 Å². The number of carbonyl (C=O) groups is 1. The Kier molecular flexibility index (Phi) is 6.51. The second-order valence-corrected chi connectivity index (χ2v) is 6.59. The van der Waals surface area contributed by atoms with E-state index in [-0.39, 0.29) is 36.2 Å². The van der Waals surface area contributed by atoms with Crippen LogP contribution in [0.2, 0.25) is 5.02 Å². The standard InChI is InChI=1S/C21H19ClFNO5/c1-3-28-21(26)15-10-18(29-12-27-2)17-8-7-13(11-24(17)20(15)25)9-14-5-4-6-16(22)19(14)23/h4-8,10-11H,3,9,12H2,1-2H3. The highest BCUT2D eigenvalue weighted by Gasteiger charge is 2.18. The van der Waals surface area contributed by atoms with Crippen LogP contribution in [0.5, 0.6) is 5.75 Å². The second-order valence-electron chi connectivity index (χ2n) is 6.18. The summed E-state index contributed by atoms with van der Waals surface area (Å²) in [6.45, 7) is 1.71. The molecule has 0 amide bonds. The van der Waals surface area contributed by atoms with Crippen molar-refractivity contribution in [3.8, 4) is 5.75 Å². The van der Waals surface area contributed by atoms with E-state index in [0.717, 1.165) is 0 Å². The summed E-state index contributed by atoms with van der Waals surface area (Å²) in [7, 11) is 1.46. The third-order valence-electron chi connectivity index (χ3n) is 4.24. The summed E-state index contributed by atoms with van der Waals surface area (Å²) in [5, 5.41) is 0.0281. The number of benzene rings is 1. The van der Waals surface area contributed by atoms with Crippen LogP contribution in [0, 0.1) is 5.82 Å². The van der Waals surface area contributed by atoms with Gasteiger partial charge in [0.1, 0.15) is 17.1 Å². The van der Waals surface area contributed by atoms with Crippen LogP contribution in [-0.4, -0.2) is 30.9 Å². The molecule has 0 aliphatic heterocycles. The van der Waals surface area contributed by atoms with Gasteiger partial charge in [-0.2, -0.15) is 0 Å². The Morgan fingerprint density at radius 1 is 1.24 bits per heavy atom. The van der Waals surface area contributed by atoms with Gasteiger partial charge < -0.3 is 14.2 Å². The summed E-state index contributed by atoms with van der Waals surface area (Å²) in [4.78, 5) is 25.1. The van der Waals surface area contributed by atoms with E-state index in [4.69, 9.17) is 25.8 Å². The minimum atomic E-state index is -0.750. The zero-order valence-corrected chi connectivity index (χ0v) is 16.7. The largest absolute Gasteiger partial charge is 0.465 e. The number of hydrogen-bond donors (Lipinski definition) is 0. The number of rotatable bonds is 7. The lowest BCUT2D eigenvalue weighted by Crippen LogP contribution is -2.24. The summed E-state index contributed by atoms with van der Waals surface area (Å²) in [5.74, 6) is -0.971. The number of ether oxygens (including phenoxy) is 3. The quantitative estimate of drug-likeness (QED) is 0.430. The number of aromatic nitrogens is 1. The summed E-state index contributed by atoms with van der Waals surface area (Å²) < 4.78 is 30.9. The molecule has 0 saturated heterocycles. The molecule has 3 aromatic rings. The summed E-state index contributed by atoms with van der Waals surface area (Å²) >= 11 is 5.84. The molecule has 29 heavy (non-hydrogen) atoms. The molecule has 0 saturated carbocycles. The van der Waals surface area contributed by atoms with Crippen LogP contribution in [0.4, 0.5) is 4.39 Å². The molecule has 3 rings (SSSR count). The smallest absolute Gasteiger partial charge is 0.343 e. The average molecular weight is 420 g/mol. The minimum absolute atomic E-state index is 0.0281. The summed E-state index contributed by atoms with van der Waals surface area (Å²) in [6, 6.07) is 9.50. The monoisotopic (exact) mass is 419 g/mol. The SMILES string of the molecule is CCOC(=O)c1cc(OCOC)c2ccc(Cc3cccc(Cl)c3F)cn2c1=O. The molecule has 1 aromatic carbocycles. The van der Waals surface area contributed by atoms with Gasteiger partial charge in [0.2, 0.25) is 0 Å². The van der Waals surface area contributed by atoms with Gasteiger partial charge in [-0.05, 0) is 30.2 Å². The normalized spacial score (nSPS) is 10.9. The molecule has 152 valence electrons. The van der Waals surface area contributed by atoms with Crippen molar-refractivity contribution in [2.75, 3.05) is 20.5 Å². The first-order chi connectivity index (χ1) is 14.0. The maximum Gasteiger partial charge on any atom is 0.343 e. The van der Waals surface area contributed by atoms with Crippen molar-refractivity contribution in [1.29, 1.82) is 0 Å². The van der Waals surface area contributed by atoms with Gasteiger partial charge in [0.15, 0.2) is 6.79 Å². The Balaban J connectivity index is 2.12. The van der Waals surface area contributed by atoms with Crippen LogP contribution < -0.4 is 10.3 Å². The van der Waals surface area contributed by atoms with Crippen molar-refractivity contribution in [2.45, 2.75) is 13.3 Å². The molecular weight excluding hydrogens is 401 g/mol. The van der Waals surface area contributed by atoms with Crippen molar-refractivity contribution in [1.82, 2.24) is 4.40 Å². The van der Waals surface area contributed by atoms with E-state index in [1.165, 1.54) is 23.6 Å². The number of pyridine rings is 2. The Morgan fingerprint density at radius 3 is 2.76 bits per heavy atom. The highest BCUT2D eigenvalue weighted by molar-refractivity contribution is 6.30.